The number of piperidine rings is 1. The highest BCUT2D eigenvalue weighted by Gasteiger charge is 2.35. The number of nitrogens with zero attached hydrogens (tertiary/aromatic N) is 4. The van der Waals surface area contributed by atoms with Crippen molar-refractivity contribution in [2.24, 2.45) is 5.92 Å². The molecule has 1 aromatic heterocycles. The maximum absolute atomic E-state index is 12.3. The van der Waals surface area contributed by atoms with Gasteiger partial charge in [-0.3, -0.25) is 4.90 Å². The summed E-state index contributed by atoms with van der Waals surface area (Å²) in [5.41, 5.74) is -0.132. The fourth-order valence-electron chi connectivity index (χ4n) is 4.30. The second-order valence-corrected chi connectivity index (χ2v) is 11.1. The van der Waals surface area contributed by atoms with Crippen LogP contribution >= 0.6 is 0 Å². The van der Waals surface area contributed by atoms with E-state index >= 15 is 0 Å². The minimum absolute atomic E-state index is 0.132. The number of hydrogen-bond acceptors (Lipinski definition) is 6. The first kappa shape index (κ1) is 20.7. The molecule has 7 nitrogen and oxygen atoms in total. The molecule has 0 spiro atoms. The van der Waals surface area contributed by atoms with Gasteiger partial charge >= 0.3 is 0 Å². The van der Waals surface area contributed by atoms with Gasteiger partial charge in [-0.15, -0.1) is 10.2 Å². The molecule has 27 heavy (non-hydrogen) atoms. The largest absolute Gasteiger partial charge is 0.423 e. The van der Waals surface area contributed by atoms with Crippen molar-refractivity contribution in [2.75, 3.05) is 25.9 Å². The van der Waals surface area contributed by atoms with Crippen LogP contribution in [0.1, 0.15) is 71.1 Å². The summed E-state index contributed by atoms with van der Waals surface area (Å²) in [6.07, 6.45) is 7.66. The molecule has 2 saturated heterocycles. The second-order valence-electron chi connectivity index (χ2n) is 9.15. The van der Waals surface area contributed by atoms with Gasteiger partial charge in [-0.2, -0.15) is 4.31 Å². The third kappa shape index (κ3) is 5.29. The second kappa shape index (κ2) is 8.17. The van der Waals surface area contributed by atoms with Gasteiger partial charge in [-0.05, 0) is 44.7 Å². The van der Waals surface area contributed by atoms with Crippen LogP contribution in [0.5, 0.6) is 0 Å². The van der Waals surface area contributed by atoms with Gasteiger partial charge in [0, 0.05) is 18.0 Å². The molecule has 2 aliphatic rings. The molecule has 8 heteroatoms. The van der Waals surface area contributed by atoms with Crippen LogP contribution in [-0.2, 0) is 22.0 Å². The summed E-state index contributed by atoms with van der Waals surface area (Å²) in [5.74, 6) is 1.79. The van der Waals surface area contributed by atoms with Gasteiger partial charge in [-0.25, -0.2) is 8.42 Å². The van der Waals surface area contributed by atoms with Crippen LogP contribution in [0.2, 0.25) is 0 Å². The summed E-state index contributed by atoms with van der Waals surface area (Å²) in [5, 5.41) is 8.37. The zero-order valence-electron chi connectivity index (χ0n) is 17.1. The number of rotatable bonds is 4. The molecular weight excluding hydrogens is 364 g/mol. The number of sulfonamides is 1. The highest BCUT2D eigenvalue weighted by molar-refractivity contribution is 7.88. The van der Waals surface area contributed by atoms with Crippen LogP contribution in [0.25, 0.3) is 0 Å². The van der Waals surface area contributed by atoms with E-state index in [4.69, 9.17) is 4.42 Å². The predicted molar refractivity (Wildman–Crippen MR) is 105 cm³/mol. The van der Waals surface area contributed by atoms with Crippen molar-refractivity contribution in [2.45, 2.75) is 77.3 Å². The first-order chi connectivity index (χ1) is 12.6. The van der Waals surface area contributed by atoms with Crippen molar-refractivity contribution in [1.82, 2.24) is 19.4 Å². The summed E-state index contributed by atoms with van der Waals surface area (Å²) >= 11 is 0. The molecule has 0 aliphatic carbocycles. The molecule has 154 valence electrons. The summed E-state index contributed by atoms with van der Waals surface area (Å²) in [6, 6.07) is 0.167. The Labute approximate surface area is 163 Å². The standard InChI is InChI=1S/C19H34N4O3S/c1-19(2,3)18-21-20-17(26-18)14-22-12-9-15(10-13-22)16-8-6-5-7-11-23(16)27(4,24)25/h15-16H,5-14H2,1-4H3. The van der Waals surface area contributed by atoms with E-state index in [0.29, 0.717) is 30.8 Å². The monoisotopic (exact) mass is 398 g/mol. The van der Waals surface area contributed by atoms with Crippen LogP contribution in [0.3, 0.4) is 0 Å². The smallest absolute Gasteiger partial charge is 0.230 e. The zero-order valence-corrected chi connectivity index (χ0v) is 18.0. The predicted octanol–water partition coefficient (Wildman–Crippen LogP) is 2.78. The fourth-order valence-corrected chi connectivity index (χ4v) is 5.53. The lowest BCUT2D eigenvalue weighted by atomic mass is 9.87. The van der Waals surface area contributed by atoms with Gasteiger partial charge in [-0.1, -0.05) is 33.6 Å². The van der Waals surface area contributed by atoms with Crippen LogP contribution < -0.4 is 0 Å². The van der Waals surface area contributed by atoms with Gasteiger partial charge in [0.25, 0.3) is 0 Å². The Kier molecular flexibility index (Phi) is 6.27. The van der Waals surface area contributed by atoms with E-state index in [9.17, 15) is 8.42 Å². The topological polar surface area (TPSA) is 79.5 Å². The molecule has 0 saturated carbocycles. The van der Waals surface area contributed by atoms with E-state index in [1.165, 1.54) is 6.26 Å². The van der Waals surface area contributed by atoms with Crippen LogP contribution in [-0.4, -0.2) is 59.8 Å². The van der Waals surface area contributed by atoms with Crippen LogP contribution in [0, 0.1) is 5.92 Å². The molecule has 0 bridgehead atoms. The van der Waals surface area contributed by atoms with Crippen molar-refractivity contribution in [3.05, 3.63) is 11.8 Å². The Hall–Kier alpha value is -0.990. The number of hydrogen-bond donors (Lipinski definition) is 0. The number of aromatic nitrogens is 2. The lowest BCUT2D eigenvalue weighted by molar-refractivity contribution is 0.116. The van der Waals surface area contributed by atoms with E-state index < -0.39 is 10.0 Å². The van der Waals surface area contributed by atoms with Gasteiger partial charge in [0.15, 0.2) is 0 Å². The first-order valence-corrected chi connectivity index (χ1v) is 12.0. The molecule has 1 atom stereocenters. The first-order valence-electron chi connectivity index (χ1n) is 10.2. The molecule has 3 heterocycles. The fraction of sp³-hybridized carbons (Fsp3) is 0.895. The van der Waals surface area contributed by atoms with Gasteiger partial charge < -0.3 is 4.42 Å². The number of likely N-dealkylation sites (tertiary alicyclic amines) is 1. The van der Waals surface area contributed by atoms with E-state index in [1.807, 2.05) is 0 Å². The molecule has 0 amide bonds. The molecular formula is C19H34N4O3S. The molecule has 1 unspecified atom stereocenters. The zero-order chi connectivity index (χ0) is 19.7. The van der Waals surface area contributed by atoms with Gasteiger partial charge in [0.2, 0.25) is 21.8 Å². The molecule has 0 radical (unpaired) electrons. The minimum atomic E-state index is -3.13. The average Bonchev–Trinajstić information content (AvgIpc) is 2.90. The van der Waals surface area contributed by atoms with Gasteiger partial charge in [0.05, 0.1) is 12.8 Å². The third-order valence-electron chi connectivity index (χ3n) is 5.82. The molecule has 2 aliphatic heterocycles. The Morgan fingerprint density at radius 2 is 1.74 bits per heavy atom. The van der Waals surface area contributed by atoms with Crippen molar-refractivity contribution in [1.29, 1.82) is 0 Å². The lowest BCUT2D eigenvalue weighted by Gasteiger charge is -2.39. The molecule has 0 aromatic carbocycles. The SMILES string of the molecule is CC(C)(C)c1nnc(CN2CCC(C3CCCCCN3S(C)(=O)=O)CC2)o1. The highest BCUT2D eigenvalue weighted by Crippen LogP contribution is 2.32. The Morgan fingerprint density at radius 1 is 1.04 bits per heavy atom. The van der Waals surface area contributed by atoms with Crippen molar-refractivity contribution >= 4 is 10.0 Å². The van der Waals surface area contributed by atoms with E-state index in [-0.39, 0.29) is 11.5 Å². The lowest BCUT2D eigenvalue weighted by Crippen LogP contribution is -2.47. The van der Waals surface area contributed by atoms with Crippen LogP contribution in [0.15, 0.2) is 4.42 Å². The summed E-state index contributed by atoms with van der Waals surface area (Å²) in [6.45, 7) is 9.46. The van der Waals surface area contributed by atoms with Crippen molar-refractivity contribution < 1.29 is 12.8 Å². The normalized spacial score (nSPS) is 24.8. The minimum Gasteiger partial charge on any atom is -0.423 e. The van der Waals surface area contributed by atoms with Crippen molar-refractivity contribution in [3.63, 3.8) is 0 Å². The summed E-state index contributed by atoms with van der Waals surface area (Å²) in [4.78, 5) is 2.35. The molecule has 0 N–H and O–H groups in total. The van der Waals surface area contributed by atoms with Crippen LogP contribution in [0.4, 0.5) is 0 Å². The van der Waals surface area contributed by atoms with E-state index in [2.05, 4.69) is 35.9 Å². The van der Waals surface area contributed by atoms with E-state index in [0.717, 1.165) is 51.6 Å². The molecule has 3 rings (SSSR count). The molecule has 1 aromatic rings. The maximum Gasteiger partial charge on any atom is 0.230 e. The molecule has 2 fully saturated rings. The highest BCUT2D eigenvalue weighted by atomic mass is 32.2. The quantitative estimate of drug-likeness (QED) is 0.776. The third-order valence-corrected chi connectivity index (χ3v) is 7.12. The summed E-state index contributed by atoms with van der Waals surface area (Å²) < 4.78 is 32.1. The average molecular weight is 399 g/mol. The van der Waals surface area contributed by atoms with E-state index in [1.54, 1.807) is 4.31 Å². The Balaban J connectivity index is 1.58. The van der Waals surface area contributed by atoms with Gasteiger partial charge in [0.1, 0.15) is 0 Å². The Morgan fingerprint density at radius 3 is 2.33 bits per heavy atom. The van der Waals surface area contributed by atoms with Crippen molar-refractivity contribution in [3.8, 4) is 0 Å². The maximum atomic E-state index is 12.3. The summed E-state index contributed by atoms with van der Waals surface area (Å²) in [7, 11) is -3.13. The Bertz CT molecular complexity index is 718.